The topological polar surface area (TPSA) is 102 Å². The first-order valence-corrected chi connectivity index (χ1v) is 13.0. The van der Waals surface area contributed by atoms with Crippen LogP contribution in [0.1, 0.15) is 5.56 Å². The number of halogens is 2. The maximum atomic E-state index is 14.6. The third-order valence-electron chi connectivity index (χ3n) is 5.61. The lowest BCUT2D eigenvalue weighted by atomic mass is 9.96. The van der Waals surface area contributed by atoms with Gasteiger partial charge in [-0.2, -0.15) is 10.2 Å². The molecule has 184 valence electrons. The van der Waals surface area contributed by atoms with E-state index in [1.165, 1.54) is 17.1 Å². The number of sulfone groups is 1. The van der Waals surface area contributed by atoms with E-state index in [4.69, 9.17) is 5.11 Å². The number of aliphatic hydroxyl groups excluding tert-OH is 1. The molecule has 8 nitrogen and oxygen atoms in total. The number of rotatable bonds is 7. The zero-order valence-electron chi connectivity index (χ0n) is 19.1. The average Bonchev–Trinajstić information content (AvgIpc) is 3.44. The van der Waals surface area contributed by atoms with E-state index in [9.17, 15) is 17.2 Å². The van der Waals surface area contributed by atoms with Gasteiger partial charge in [-0.1, -0.05) is 0 Å². The van der Waals surface area contributed by atoms with Crippen LogP contribution in [0.3, 0.4) is 0 Å². The van der Waals surface area contributed by atoms with Crippen LogP contribution in [0.15, 0.2) is 67.3 Å². The van der Waals surface area contributed by atoms with Crippen molar-refractivity contribution in [2.75, 3.05) is 12.9 Å². The van der Waals surface area contributed by atoms with Gasteiger partial charge in [0.1, 0.15) is 18.0 Å². The van der Waals surface area contributed by atoms with Gasteiger partial charge in [0.15, 0.2) is 15.7 Å². The van der Waals surface area contributed by atoms with Crippen LogP contribution in [0.2, 0.25) is 0 Å². The number of hydrogen-bond acceptors (Lipinski definition) is 6. The van der Waals surface area contributed by atoms with Crippen LogP contribution in [-0.2, 0) is 22.1 Å². The Hall–Kier alpha value is -3.96. The molecule has 36 heavy (non-hydrogen) atoms. The monoisotopic (exact) mass is 509 g/mol. The van der Waals surface area contributed by atoms with E-state index in [-0.39, 0.29) is 17.9 Å². The minimum atomic E-state index is -3.37. The summed E-state index contributed by atoms with van der Waals surface area (Å²) in [5.41, 5.74) is 3.87. The summed E-state index contributed by atoms with van der Waals surface area (Å²) in [7, 11) is -3.37. The van der Waals surface area contributed by atoms with Crippen molar-refractivity contribution in [3.63, 3.8) is 0 Å². The van der Waals surface area contributed by atoms with Crippen LogP contribution < -0.4 is 0 Å². The van der Waals surface area contributed by atoms with Gasteiger partial charge in [0.2, 0.25) is 0 Å². The Kier molecular flexibility index (Phi) is 6.10. The highest BCUT2D eigenvalue weighted by atomic mass is 32.2. The zero-order valence-corrected chi connectivity index (χ0v) is 20.0. The SMILES string of the molecule is CS(=O)(=O)Cc1cc(-c2ccc(F)cc2F)cc(-c2cnn3cc(-c4ncn(CCO)n4)ccc23)c1. The fourth-order valence-electron chi connectivity index (χ4n) is 4.09. The molecule has 0 amide bonds. The van der Waals surface area contributed by atoms with Gasteiger partial charge in [-0.25, -0.2) is 26.7 Å². The Labute approximate surface area is 205 Å². The highest BCUT2D eigenvalue weighted by Crippen LogP contribution is 2.33. The Morgan fingerprint density at radius 3 is 2.47 bits per heavy atom. The molecule has 0 aliphatic rings. The van der Waals surface area contributed by atoms with Gasteiger partial charge >= 0.3 is 0 Å². The van der Waals surface area contributed by atoms with Crippen molar-refractivity contribution in [3.8, 4) is 33.6 Å². The highest BCUT2D eigenvalue weighted by molar-refractivity contribution is 7.89. The summed E-state index contributed by atoms with van der Waals surface area (Å²) in [6.07, 6.45) is 6.07. The van der Waals surface area contributed by atoms with Gasteiger partial charge in [-0.05, 0) is 59.2 Å². The maximum Gasteiger partial charge on any atom is 0.182 e. The van der Waals surface area contributed by atoms with Crippen LogP contribution in [0.25, 0.3) is 39.2 Å². The van der Waals surface area contributed by atoms with Crippen LogP contribution in [-0.4, -0.2) is 50.8 Å². The largest absolute Gasteiger partial charge is 0.394 e. The van der Waals surface area contributed by atoms with E-state index in [0.717, 1.165) is 23.9 Å². The summed E-state index contributed by atoms with van der Waals surface area (Å²) < 4.78 is 55.3. The molecule has 0 aliphatic heterocycles. The van der Waals surface area contributed by atoms with Crippen molar-refractivity contribution >= 4 is 15.4 Å². The summed E-state index contributed by atoms with van der Waals surface area (Å²) >= 11 is 0. The number of aromatic nitrogens is 5. The third kappa shape index (κ3) is 4.88. The molecule has 0 aliphatic carbocycles. The van der Waals surface area contributed by atoms with Gasteiger partial charge in [-0.15, -0.1) is 0 Å². The molecule has 0 bridgehead atoms. The molecule has 5 aromatic rings. The first-order chi connectivity index (χ1) is 17.2. The lowest BCUT2D eigenvalue weighted by Gasteiger charge is -2.11. The molecule has 0 spiro atoms. The number of hydrogen-bond donors (Lipinski definition) is 1. The summed E-state index contributed by atoms with van der Waals surface area (Å²) in [6, 6.07) is 12.0. The van der Waals surface area contributed by atoms with E-state index in [1.54, 1.807) is 35.1 Å². The molecule has 1 N–H and O–H groups in total. The van der Waals surface area contributed by atoms with E-state index in [0.29, 0.717) is 40.2 Å². The Bertz CT molecular complexity index is 1700. The van der Waals surface area contributed by atoms with Gasteiger partial charge < -0.3 is 5.11 Å². The Morgan fingerprint density at radius 2 is 1.75 bits per heavy atom. The van der Waals surface area contributed by atoms with Crippen molar-refractivity contribution in [1.82, 2.24) is 24.4 Å². The molecule has 5 rings (SSSR count). The average molecular weight is 510 g/mol. The molecule has 2 aromatic carbocycles. The molecule has 0 fully saturated rings. The zero-order chi connectivity index (χ0) is 25.4. The lowest BCUT2D eigenvalue weighted by molar-refractivity contribution is 0.269. The first-order valence-electron chi connectivity index (χ1n) is 11.0. The summed E-state index contributed by atoms with van der Waals surface area (Å²) in [6.45, 7) is 0.286. The number of fused-ring (bicyclic) bond motifs is 1. The molecular weight excluding hydrogens is 488 g/mol. The quantitative estimate of drug-likeness (QED) is 0.359. The van der Waals surface area contributed by atoms with Gasteiger partial charge in [0.25, 0.3) is 0 Å². The fraction of sp³-hybridized carbons (Fsp3) is 0.160. The smallest absolute Gasteiger partial charge is 0.182 e. The van der Waals surface area contributed by atoms with Crippen LogP contribution >= 0.6 is 0 Å². The number of nitrogens with zero attached hydrogens (tertiary/aromatic N) is 5. The molecule has 0 saturated carbocycles. The summed E-state index contributed by atoms with van der Waals surface area (Å²) in [5, 5.41) is 17.8. The Balaban J connectivity index is 1.61. The second-order valence-electron chi connectivity index (χ2n) is 8.47. The third-order valence-corrected chi connectivity index (χ3v) is 6.47. The summed E-state index contributed by atoms with van der Waals surface area (Å²) in [5.74, 6) is -1.19. The van der Waals surface area contributed by atoms with Crippen molar-refractivity contribution in [2.24, 2.45) is 0 Å². The standard InChI is InChI=1S/C25H21F2N5O3S/c1-36(34,35)14-16-8-18(21-4-3-20(26)11-23(21)27)10-19(9-16)22-12-29-32-13-17(2-5-24(22)32)25-28-15-31(30-25)6-7-33/h2-5,8-13,15,33H,6-7,14H2,1H3. The minimum Gasteiger partial charge on any atom is -0.394 e. The number of benzene rings is 2. The van der Waals surface area contributed by atoms with Crippen molar-refractivity contribution in [2.45, 2.75) is 12.3 Å². The molecule has 11 heteroatoms. The number of pyridine rings is 1. The second-order valence-corrected chi connectivity index (χ2v) is 10.6. The van der Waals surface area contributed by atoms with E-state index in [1.807, 2.05) is 12.1 Å². The highest BCUT2D eigenvalue weighted by Gasteiger charge is 2.16. The van der Waals surface area contributed by atoms with Crippen molar-refractivity contribution in [3.05, 3.63) is 84.4 Å². The predicted octanol–water partition coefficient (Wildman–Crippen LogP) is 3.74. The van der Waals surface area contributed by atoms with Gasteiger partial charge in [-0.3, -0.25) is 4.68 Å². The molecule has 3 heterocycles. The first kappa shape index (κ1) is 23.8. The molecule has 0 radical (unpaired) electrons. The normalized spacial score (nSPS) is 11.9. The van der Waals surface area contributed by atoms with E-state index >= 15 is 0 Å². The van der Waals surface area contributed by atoms with Gasteiger partial charge in [0.05, 0.1) is 30.6 Å². The Morgan fingerprint density at radius 1 is 0.972 bits per heavy atom. The van der Waals surface area contributed by atoms with E-state index in [2.05, 4.69) is 15.2 Å². The molecular formula is C25H21F2N5O3S. The van der Waals surface area contributed by atoms with E-state index < -0.39 is 21.5 Å². The lowest BCUT2D eigenvalue weighted by Crippen LogP contribution is -2.02. The minimum absolute atomic E-state index is 0.0491. The van der Waals surface area contributed by atoms with Gasteiger partial charge in [0, 0.05) is 35.2 Å². The van der Waals surface area contributed by atoms with Crippen LogP contribution in [0.4, 0.5) is 8.78 Å². The van der Waals surface area contributed by atoms with Crippen molar-refractivity contribution < 1.29 is 22.3 Å². The fourth-order valence-corrected chi connectivity index (χ4v) is 4.86. The molecule has 0 atom stereocenters. The molecule has 0 saturated heterocycles. The summed E-state index contributed by atoms with van der Waals surface area (Å²) in [4.78, 5) is 4.26. The van der Waals surface area contributed by atoms with Crippen LogP contribution in [0, 0.1) is 11.6 Å². The molecule has 3 aromatic heterocycles. The molecule has 0 unspecified atom stereocenters. The predicted molar refractivity (Wildman–Crippen MR) is 131 cm³/mol. The van der Waals surface area contributed by atoms with Crippen LogP contribution in [0.5, 0.6) is 0 Å². The maximum absolute atomic E-state index is 14.6. The second kappa shape index (κ2) is 9.25. The van der Waals surface area contributed by atoms with Crippen molar-refractivity contribution in [1.29, 1.82) is 0 Å². The number of aliphatic hydroxyl groups is 1.